The van der Waals surface area contributed by atoms with Crippen LogP contribution in [0, 0.1) is 0 Å². The van der Waals surface area contributed by atoms with E-state index in [1.165, 1.54) is 6.07 Å². The van der Waals surface area contributed by atoms with Crippen LogP contribution in [0.1, 0.15) is 15.9 Å². The summed E-state index contributed by atoms with van der Waals surface area (Å²) in [5.41, 5.74) is 2.48. The summed E-state index contributed by atoms with van der Waals surface area (Å²) >= 11 is 6.23. The maximum atomic E-state index is 13.4. The van der Waals surface area contributed by atoms with Crippen LogP contribution < -0.4 is 10.6 Å². The van der Waals surface area contributed by atoms with Crippen LogP contribution >= 0.6 is 11.6 Å². The quantitative estimate of drug-likeness (QED) is 0.485. The number of hydrogen-bond acceptors (Lipinski definition) is 5. The Labute approximate surface area is 187 Å². The predicted molar refractivity (Wildman–Crippen MR) is 121 cm³/mol. The van der Waals surface area contributed by atoms with Gasteiger partial charge in [0.25, 0.3) is 0 Å². The van der Waals surface area contributed by atoms with Crippen molar-refractivity contribution in [2.75, 3.05) is 18.0 Å². The molecule has 1 fully saturated rings. The minimum Gasteiger partial charge on any atom is -0.478 e. The zero-order chi connectivity index (χ0) is 22.4. The van der Waals surface area contributed by atoms with Crippen molar-refractivity contribution in [3.63, 3.8) is 0 Å². The molecular formula is C23H19ClN4O4. The number of carboxylic acids is 1. The SMILES string of the molecule is O=C(O)c1cccc(Cn2c(=O)n(-c3ccc(N4CC(O)C4)nc3)c3cc(Cl)ccc32)c1. The number of carboxylic acid groups (broad SMARTS) is 1. The van der Waals surface area contributed by atoms with Gasteiger partial charge in [-0.3, -0.25) is 9.13 Å². The molecule has 162 valence electrons. The molecule has 32 heavy (non-hydrogen) atoms. The van der Waals surface area contributed by atoms with Crippen LogP contribution in [-0.4, -0.2) is 49.5 Å². The van der Waals surface area contributed by atoms with Gasteiger partial charge < -0.3 is 15.1 Å². The fourth-order valence-corrected chi connectivity index (χ4v) is 4.12. The number of nitrogens with zero attached hydrogens (tertiary/aromatic N) is 4. The van der Waals surface area contributed by atoms with Gasteiger partial charge in [-0.1, -0.05) is 23.7 Å². The number of benzene rings is 2. The van der Waals surface area contributed by atoms with E-state index >= 15 is 0 Å². The number of fused-ring (bicyclic) bond motifs is 1. The molecule has 4 aromatic rings. The standard InChI is InChI=1S/C23H19ClN4O4/c24-16-4-6-19-20(9-16)28(17-5-7-21(25-10-17)26-12-18(29)13-26)23(32)27(19)11-14-2-1-3-15(8-14)22(30)31/h1-10,18,29H,11-13H2,(H,30,31). The van der Waals surface area contributed by atoms with Gasteiger partial charge in [0.05, 0.1) is 41.1 Å². The van der Waals surface area contributed by atoms with Crippen LogP contribution in [0.5, 0.6) is 0 Å². The second-order valence-corrected chi connectivity index (χ2v) is 8.21. The molecule has 0 bridgehead atoms. The Morgan fingerprint density at radius 2 is 1.91 bits per heavy atom. The van der Waals surface area contributed by atoms with Gasteiger partial charge in [-0.25, -0.2) is 14.6 Å². The fraction of sp³-hybridized carbons (Fsp3) is 0.174. The number of aromatic nitrogens is 3. The molecule has 1 aliphatic heterocycles. The molecule has 0 amide bonds. The van der Waals surface area contributed by atoms with E-state index in [4.69, 9.17) is 11.6 Å². The lowest BCUT2D eigenvalue weighted by Crippen LogP contribution is -2.51. The van der Waals surface area contributed by atoms with Crippen LogP contribution in [0.15, 0.2) is 65.6 Å². The molecule has 2 aromatic carbocycles. The number of rotatable bonds is 5. The zero-order valence-corrected chi connectivity index (χ0v) is 17.6. The number of β-amino-alcohol motifs (C(OH)–C–C–N with tert-alkyl or cyclic N) is 1. The van der Waals surface area contributed by atoms with E-state index in [9.17, 15) is 19.8 Å². The van der Waals surface area contributed by atoms with Crippen LogP contribution in [-0.2, 0) is 6.54 Å². The highest BCUT2D eigenvalue weighted by atomic mass is 35.5. The Balaban J connectivity index is 1.59. The van der Waals surface area contributed by atoms with Crippen molar-refractivity contribution in [1.29, 1.82) is 0 Å². The normalized spacial score (nSPS) is 14.0. The molecule has 0 spiro atoms. The molecule has 0 unspecified atom stereocenters. The average molecular weight is 451 g/mol. The minimum absolute atomic E-state index is 0.165. The Morgan fingerprint density at radius 1 is 1.09 bits per heavy atom. The smallest absolute Gasteiger partial charge is 0.335 e. The molecule has 8 nitrogen and oxygen atoms in total. The van der Waals surface area contributed by atoms with Crippen molar-refractivity contribution in [3.05, 3.63) is 87.4 Å². The molecule has 0 aliphatic carbocycles. The summed E-state index contributed by atoms with van der Waals surface area (Å²) in [5, 5.41) is 19.3. The lowest BCUT2D eigenvalue weighted by atomic mass is 10.1. The Kier molecular flexibility index (Phi) is 4.96. The minimum atomic E-state index is -1.02. The highest BCUT2D eigenvalue weighted by Crippen LogP contribution is 2.24. The molecular weight excluding hydrogens is 432 g/mol. The molecule has 0 radical (unpaired) electrons. The average Bonchev–Trinajstić information content (AvgIpc) is 3.02. The number of anilines is 1. The van der Waals surface area contributed by atoms with Gasteiger partial charge >= 0.3 is 11.7 Å². The van der Waals surface area contributed by atoms with Crippen molar-refractivity contribution in [2.45, 2.75) is 12.6 Å². The van der Waals surface area contributed by atoms with Crippen LogP contribution in [0.4, 0.5) is 5.82 Å². The second kappa shape index (κ2) is 7.81. The van der Waals surface area contributed by atoms with Gasteiger partial charge in [0.1, 0.15) is 5.82 Å². The number of pyridine rings is 1. The van der Waals surface area contributed by atoms with Gasteiger partial charge in [0.2, 0.25) is 0 Å². The Bertz CT molecular complexity index is 1390. The largest absolute Gasteiger partial charge is 0.478 e. The number of carbonyl (C=O) groups is 1. The molecule has 1 aliphatic rings. The third-order valence-electron chi connectivity index (χ3n) is 5.58. The second-order valence-electron chi connectivity index (χ2n) is 7.78. The maximum Gasteiger partial charge on any atom is 0.335 e. The first-order valence-corrected chi connectivity index (χ1v) is 10.4. The number of aromatic carboxylic acids is 1. The van der Waals surface area contributed by atoms with Gasteiger partial charge in [0.15, 0.2) is 0 Å². The van der Waals surface area contributed by atoms with Gasteiger partial charge in [-0.2, -0.15) is 0 Å². The maximum absolute atomic E-state index is 13.4. The number of imidazole rings is 1. The summed E-state index contributed by atoms with van der Waals surface area (Å²) in [4.78, 5) is 31.2. The van der Waals surface area contributed by atoms with Crippen LogP contribution in [0.25, 0.3) is 16.7 Å². The van der Waals surface area contributed by atoms with E-state index in [1.54, 1.807) is 51.7 Å². The first kappa shape index (κ1) is 20.3. The third-order valence-corrected chi connectivity index (χ3v) is 5.82. The summed E-state index contributed by atoms with van der Waals surface area (Å²) < 4.78 is 3.14. The van der Waals surface area contributed by atoms with E-state index in [1.807, 2.05) is 17.0 Å². The molecule has 0 saturated carbocycles. The van der Waals surface area contributed by atoms with E-state index in [2.05, 4.69) is 4.98 Å². The summed E-state index contributed by atoms with van der Waals surface area (Å²) in [5.74, 6) is -0.284. The molecule has 3 heterocycles. The summed E-state index contributed by atoms with van der Waals surface area (Å²) in [6.45, 7) is 1.29. The third kappa shape index (κ3) is 3.53. The predicted octanol–water partition coefficient (Wildman–Crippen LogP) is 2.77. The van der Waals surface area contributed by atoms with Crippen molar-refractivity contribution in [2.24, 2.45) is 0 Å². The summed E-state index contributed by atoms with van der Waals surface area (Å²) in [6, 6.07) is 15.4. The van der Waals surface area contributed by atoms with Crippen LogP contribution in [0.2, 0.25) is 5.02 Å². The van der Waals surface area contributed by atoms with E-state index in [0.717, 1.165) is 5.82 Å². The molecule has 9 heteroatoms. The molecule has 5 rings (SSSR count). The monoisotopic (exact) mass is 450 g/mol. The molecule has 1 saturated heterocycles. The van der Waals surface area contributed by atoms with Crippen molar-refractivity contribution in [3.8, 4) is 5.69 Å². The lowest BCUT2D eigenvalue weighted by Gasteiger charge is -2.36. The van der Waals surface area contributed by atoms with E-state index in [0.29, 0.717) is 40.4 Å². The number of halogens is 1. The summed E-state index contributed by atoms with van der Waals surface area (Å²) in [6.07, 6.45) is 1.29. The van der Waals surface area contributed by atoms with Crippen molar-refractivity contribution >= 4 is 34.4 Å². The Hall–Kier alpha value is -3.62. The number of aliphatic hydroxyl groups is 1. The molecule has 2 N–H and O–H groups in total. The van der Waals surface area contributed by atoms with Gasteiger partial charge in [-0.05, 0) is 48.0 Å². The lowest BCUT2D eigenvalue weighted by molar-refractivity contribution is 0.0696. The topological polar surface area (TPSA) is 101 Å². The Morgan fingerprint density at radius 3 is 2.59 bits per heavy atom. The van der Waals surface area contributed by atoms with Crippen molar-refractivity contribution in [1.82, 2.24) is 14.1 Å². The van der Waals surface area contributed by atoms with Gasteiger partial charge in [0, 0.05) is 18.1 Å². The molecule has 2 aromatic heterocycles. The van der Waals surface area contributed by atoms with E-state index in [-0.39, 0.29) is 23.9 Å². The first-order valence-electron chi connectivity index (χ1n) is 10.0. The number of aliphatic hydroxyl groups excluding tert-OH is 1. The zero-order valence-electron chi connectivity index (χ0n) is 16.8. The summed E-state index contributed by atoms with van der Waals surface area (Å²) in [7, 11) is 0. The van der Waals surface area contributed by atoms with E-state index < -0.39 is 5.97 Å². The first-order chi connectivity index (χ1) is 15.4. The fourth-order valence-electron chi connectivity index (χ4n) is 3.96. The van der Waals surface area contributed by atoms with Crippen molar-refractivity contribution < 1.29 is 15.0 Å². The highest BCUT2D eigenvalue weighted by Gasteiger charge is 2.25. The highest BCUT2D eigenvalue weighted by molar-refractivity contribution is 6.31. The number of hydrogen-bond donors (Lipinski definition) is 2. The van der Waals surface area contributed by atoms with Crippen LogP contribution in [0.3, 0.4) is 0 Å². The molecule has 0 atom stereocenters. The van der Waals surface area contributed by atoms with Gasteiger partial charge in [-0.15, -0.1) is 0 Å².